The highest BCUT2D eigenvalue weighted by molar-refractivity contribution is 5.91. The fourth-order valence-electron chi connectivity index (χ4n) is 3.40. The van der Waals surface area contributed by atoms with Crippen LogP contribution < -0.4 is 5.32 Å². The summed E-state index contributed by atoms with van der Waals surface area (Å²) in [6, 6.07) is 11.2. The second kappa shape index (κ2) is 8.72. The van der Waals surface area contributed by atoms with Crippen LogP contribution in [0.2, 0.25) is 0 Å². The quantitative estimate of drug-likeness (QED) is 0.879. The van der Waals surface area contributed by atoms with E-state index in [0.717, 1.165) is 38.8 Å². The molecule has 132 valence electrons. The molecule has 0 saturated carbocycles. The average Bonchev–Trinajstić information content (AvgIpc) is 2.68. The molecule has 1 fully saturated rings. The van der Waals surface area contributed by atoms with E-state index in [9.17, 15) is 4.79 Å². The Balaban J connectivity index is 1.42. The van der Waals surface area contributed by atoms with Crippen molar-refractivity contribution < 1.29 is 4.79 Å². The first kappa shape index (κ1) is 17.5. The second-order valence-corrected chi connectivity index (χ2v) is 6.76. The van der Waals surface area contributed by atoms with Gasteiger partial charge in [-0.1, -0.05) is 30.3 Å². The highest BCUT2D eigenvalue weighted by Crippen LogP contribution is 2.22. The van der Waals surface area contributed by atoms with Gasteiger partial charge in [0.1, 0.15) is 0 Å². The Morgan fingerprint density at radius 3 is 2.68 bits per heavy atom. The number of amides is 1. The normalized spacial score (nSPS) is 17.2. The molecule has 3 rings (SSSR count). The monoisotopic (exact) mass is 338 g/mol. The Morgan fingerprint density at radius 1 is 1.24 bits per heavy atom. The number of carbonyl (C=O) groups excluding carboxylic acids is 1. The number of carbonyl (C=O) groups is 1. The zero-order chi connectivity index (χ0) is 17.5. The molecule has 5 nitrogen and oxygen atoms in total. The largest absolute Gasteiger partial charge is 0.309 e. The smallest absolute Gasteiger partial charge is 0.228 e. The summed E-state index contributed by atoms with van der Waals surface area (Å²) < 4.78 is 0. The first-order valence-corrected chi connectivity index (χ1v) is 9.07. The van der Waals surface area contributed by atoms with Gasteiger partial charge in [-0.15, -0.1) is 0 Å². The highest BCUT2D eigenvalue weighted by atomic mass is 16.1. The fraction of sp³-hybridized carbons (Fsp3) is 0.450. The van der Waals surface area contributed by atoms with Crippen molar-refractivity contribution in [3.63, 3.8) is 0 Å². The lowest BCUT2D eigenvalue weighted by atomic mass is 9.94. The van der Waals surface area contributed by atoms with Crippen molar-refractivity contribution in [3.05, 3.63) is 54.5 Å². The summed E-state index contributed by atoms with van der Waals surface area (Å²) >= 11 is 0. The van der Waals surface area contributed by atoms with Crippen molar-refractivity contribution in [2.75, 3.05) is 18.4 Å². The number of hydrogen-bond donors (Lipinski definition) is 1. The molecule has 0 spiro atoms. The molecule has 0 aliphatic carbocycles. The van der Waals surface area contributed by atoms with Crippen molar-refractivity contribution in [2.24, 2.45) is 5.92 Å². The molecule has 2 aromatic rings. The lowest BCUT2D eigenvalue weighted by Gasteiger charge is -2.35. The standard InChI is InChI=1S/C20H26N4O/c1-16(7-8-17-5-3-2-4-6-17)24-13-9-18(10-14-24)20(25)23-19-15-21-11-12-22-19/h2-6,11-12,15-16,18H,7-10,13-14H2,1H3,(H,22,23,25)/t16-/m0/s1. The minimum absolute atomic E-state index is 0.0667. The fourth-order valence-corrected chi connectivity index (χ4v) is 3.40. The van der Waals surface area contributed by atoms with E-state index >= 15 is 0 Å². The van der Waals surface area contributed by atoms with Crippen LogP contribution in [0, 0.1) is 5.92 Å². The molecule has 1 aliphatic heterocycles. The van der Waals surface area contributed by atoms with Gasteiger partial charge < -0.3 is 10.2 Å². The maximum absolute atomic E-state index is 12.4. The number of rotatable bonds is 6. The van der Waals surface area contributed by atoms with Gasteiger partial charge in [0.2, 0.25) is 5.91 Å². The number of likely N-dealkylation sites (tertiary alicyclic amines) is 1. The van der Waals surface area contributed by atoms with E-state index in [1.807, 2.05) is 0 Å². The number of piperidine rings is 1. The Labute approximate surface area is 149 Å². The van der Waals surface area contributed by atoms with E-state index < -0.39 is 0 Å². The summed E-state index contributed by atoms with van der Waals surface area (Å²) in [6.07, 6.45) is 8.84. The van der Waals surface area contributed by atoms with Gasteiger partial charge >= 0.3 is 0 Å². The van der Waals surface area contributed by atoms with Crippen LogP contribution in [0.1, 0.15) is 31.7 Å². The van der Waals surface area contributed by atoms with Gasteiger partial charge in [0.25, 0.3) is 0 Å². The van der Waals surface area contributed by atoms with Crippen LogP contribution in [-0.4, -0.2) is 39.9 Å². The molecule has 1 atom stereocenters. The number of anilines is 1. The molecule has 25 heavy (non-hydrogen) atoms. The molecule has 1 aliphatic rings. The third-order valence-electron chi connectivity index (χ3n) is 5.03. The number of aryl methyl sites for hydroxylation is 1. The molecule has 1 aromatic heterocycles. The van der Waals surface area contributed by atoms with Crippen LogP contribution in [0.5, 0.6) is 0 Å². The molecule has 1 saturated heterocycles. The van der Waals surface area contributed by atoms with E-state index in [2.05, 4.69) is 57.4 Å². The van der Waals surface area contributed by atoms with E-state index in [0.29, 0.717) is 11.9 Å². The van der Waals surface area contributed by atoms with E-state index in [1.54, 1.807) is 18.6 Å². The Bertz CT molecular complexity index is 654. The van der Waals surface area contributed by atoms with Gasteiger partial charge in [-0.05, 0) is 51.3 Å². The maximum Gasteiger partial charge on any atom is 0.228 e. The van der Waals surface area contributed by atoms with Gasteiger partial charge in [-0.2, -0.15) is 0 Å². The molecule has 1 N–H and O–H groups in total. The summed E-state index contributed by atoms with van der Waals surface area (Å²) in [5.41, 5.74) is 1.40. The summed E-state index contributed by atoms with van der Waals surface area (Å²) in [5.74, 6) is 0.669. The van der Waals surface area contributed by atoms with E-state index in [1.165, 1.54) is 5.56 Å². The van der Waals surface area contributed by atoms with Crippen LogP contribution >= 0.6 is 0 Å². The maximum atomic E-state index is 12.4. The third-order valence-corrected chi connectivity index (χ3v) is 5.03. The SMILES string of the molecule is C[C@@H](CCc1ccccc1)N1CCC(C(=O)Nc2cnccn2)CC1. The number of nitrogens with one attached hydrogen (secondary N) is 1. The van der Waals surface area contributed by atoms with Crippen LogP contribution in [0.3, 0.4) is 0 Å². The van der Waals surface area contributed by atoms with Crippen LogP contribution in [-0.2, 0) is 11.2 Å². The van der Waals surface area contributed by atoms with E-state index in [-0.39, 0.29) is 11.8 Å². The first-order chi connectivity index (χ1) is 12.2. The Kier molecular flexibility index (Phi) is 6.12. The van der Waals surface area contributed by atoms with Gasteiger partial charge in [0.15, 0.2) is 5.82 Å². The van der Waals surface area contributed by atoms with Crippen LogP contribution in [0.4, 0.5) is 5.82 Å². The predicted molar refractivity (Wildman–Crippen MR) is 99.2 cm³/mol. The highest BCUT2D eigenvalue weighted by Gasteiger charge is 2.27. The van der Waals surface area contributed by atoms with Crippen molar-refractivity contribution in [3.8, 4) is 0 Å². The van der Waals surface area contributed by atoms with Crippen LogP contribution in [0.25, 0.3) is 0 Å². The molecular formula is C20H26N4O. The Hall–Kier alpha value is -2.27. The number of nitrogens with zero attached hydrogens (tertiary/aromatic N) is 3. The Morgan fingerprint density at radius 2 is 2.00 bits per heavy atom. The second-order valence-electron chi connectivity index (χ2n) is 6.76. The van der Waals surface area contributed by atoms with Crippen LogP contribution in [0.15, 0.2) is 48.9 Å². The van der Waals surface area contributed by atoms with Gasteiger partial charge in [-0.25, -0.2) is 4.98 Å². The van der Waals surface area contributed by atoms with Crippen molar-refractivity contribution in [1.82, 2.24) is 14.9 Å². The number of aromatic nitrogens is 2. The third kappa shape index (κ3) is 5.10. The first-order valence-electron chi connectivity index (χ1n) is 9.07. The lowest BCUT2D eigenvalue weighted by Crippen LogP contribution is -2.42. The van der Waals surface area contributed by atoms with Gasteiger partial charge in [-0.3, -0.25) is 9.78 Å². The molecular weight excluding hydrogens is 312 g/mol. The minimum Gasteiger partial charge on any atom is -0.309 e. The van der Waals surface area contributed by atoms with Gasteiger partial charge in [0.05, 0.1) is 6.20 Å². The molecule has 0 bridgehead atoms. The molecule has 5 heteroatoms. The zero-order valence-electron chi connectivity index (χ0n) is 14.8. The van der Waals surface area contributed by atoms with Crippen molar-refractivity contribution in [2.45, 2.75) is 38.6 Å². The summed E-state index contributed by atoms with van der Waals surface area (Å²) in [7, 11) is 0. The average molecular weight is 338 g/mol. The minimum atomic E-state index is 0.0667. The molecule has 2 heterocycles. The number of benzene rings is 1. The summed E-state index contributed by atoms with van der Waals surface area (Å²) in [6.45, 7) is 4.26. The lowest BCUT2D eigenvalue weighted by molar-refractivity contribution is -0.121. The number of hydrogen-bond acceptors (Lipinski definition) is 4. The molecule has 0 radical (unpaired) electrons. The predicted octanol–water partition coefficient (Wildman–Crippen LogP) is 3.15. The molecule has 1 amide bonds. The molecule has 0 unspecified atom stereocenters. The summed E-state index contributed by atoms with van der Waals surface area (Å²) in [4.78, 5) is 22.9. The van der Waals surface area contributed by atoms with Crippen molar-refractivity contribution >= 4 is 11.7 Å². The van der Waals surface area contributed by atoms with Crippen molar-refractivity contribution in [1.29, 1.82) is 0 Å². The molecule has 1 aromatic carbocycles. The topological polar surface area (TPSA) is 58.1 Å². The zero-order valence-corrected chi connectivity index (χ0v) is 14.8. The van der Waals surface area contributed by atoms with Gasteiger partial charge in [0, 0.05) is 24.4 Å². The van der Waals surface area contributed by atoms with E-state index in [4.69, 9.17) is 0 Å². The summed E-state index contributed by atoms with van der Waals surface area (Å²) in [5, 5.41) is 2.87.